The standard InChI is InChI=1S/C23H25N3O/c1-4-6-8-19(5-2)11-13-21-15-22(12-10-18(21)3)23(27)24-14-7-9-20-16-25-26-17-20/h4-6,8,10,12,15-17H,1,7,9,14H2,2-3H3,(H,24,27)(H,25,26)/b8-6-,19-5+. The molecule has 0 unspecified atom stereocenters. The number of carbonyl (C=O) groups is 1. The second kappa shape index (κ2) is 10.6. The molecule has 1 aromatic carbocycles. The highest BCUT2D eigenvalue weighted by molar-refractivity contribution is 5.94. The van der Waals surface area contributed by atoms with Crippen molar-refractivity contribution >= 4 is 5.91 Å². The molecule has 0 aliphatic carbocycles. The summed E-state index contributed by atoms with van der Waals surface area (Å²) in [7, 11) is 0. The minimum absolute atomic E-state index is 0.0805. The van der Waals surface area contributed by atoms with E-state index in [4.69, 9.17) is 0 Å². The Hall–Kier alpha value is -3.32. The van der Waals surface area contributed by atoms with Crippen LogP contribution in [0.3, 0.4) is 0 Å². The molecule has 2 N–H and O–H groups in total. The molecular formula is C23H25N3O. The topological polar surface area (TPSA) is 57.8 Å². The predicted molar refractivity (Wildman–Crippen MR) is 110 cm³/mol. The molecule has 0 aliphatic heterocycles. The van der Waals surface area contributed by atoms with Crippen LogP contribution in [0, 0.1) is 18.8 Å². The van der Waals surface area contributed by atoms with E-state index < -0.39 is 0 Å². The van der Waals surface area contributed by atoms with Gasteiger partial charge in [0.1, 0.15) is 0 Å². The smallest absolute Gasteiger partial charge is 0.251 e. The van der Waals surface area contributed by atoms with Gasteiger partial charge in [0.2, 0.25) is 0 Å². The van der Waals surface area contributed by atoms with E-state index in [1.807, 2.05) is 56.5 Å². The number of hydrogen-bond acceptors (Lipinski definition) is 2. The third kappa shape index (κ3) is 6.48. The molecule has 2 rings (SSSR count). The lowest BCUT2D eigenvalue weighted by molar-refractivity contribution is 0.0953. The van der Waals surface area contributed by atoms with Crippen molar-refractivity contribution in [2.45, 2.75) is 26.7 Å². The summed E-state index contributed by atoms with van der Waals surface area (Å²) in [6.45, 7) is 8.22. The average molecular weight is 359 g/mol. The van der Waals surface area contributed by atoms with Crippen LogP contribution in [0.5, 0.6) is 0 Å². The summed E-state index contributed by atoms with van der Waals surface area (Å²) < 4.78 is 0. The Labute approximate surface area is 161 Å². The molecular weight excluding hydrogens is 334 g/mol. The summed E-state index contributed by atoms with van der Waals surface area (Å²) in [5, 5.41) is 9.67. The Morgan fingerprint density at radius 2 is 2.26 bits per heavy atom. The van der Waals surface area contributed by atoms with Gasteiger partial charge in [-0.25, -0.2) is 0 Å². The quantitative estimate of drug-likeness (QED) is 0.444. The van der Waals surface area contributed by atoms with Gasteiger partial charge >= 0.3 is 0 Å². The number of aryl methyl sites for hydroxylation is 2. The van der Waals surface area contributed by atoms with Crippen molar-refractivity contribution < 1.29 is 4.79 Å². The Bertz CT molecular complexity index is 893. The molecule has 0 saturated heterocycles. The minimum Gasteiger partial charge on any atom is -0.352 e. The van der Waals surface area contributed by atoms with Crippen LogP contribution in [0.2, 0.25) is 0 Å². The van der Waals surface area contributed by atoms with Crippen LogP contribution >= 0.6 is 0 Å². The molecule has 0 radical (unpaired) electrons. The second-order valence-electron chi connectivity index (χ2n) is 6.08. The predicted octanol–water partition coefficient (Wildman–Crippen LogP) is 4.12. The maximum absolute atomic E-state index is 12.4. The number of allylic oxidation sites excluding steroid dienone is 5. The minimum atomic E-state index is -0.0805. The fraction of sp³-hybridized carbons (Fsp3) is 0.217. The molecule has 27 heavy (non-hydrogen) atoms. The number of amides is 1. The van der Waals surface area contributed by atoms with Gasteiger partial charge in [-0.15, -0.1) is 0 Å². The number of nitrogens with zero attached hydrogens (tertiary/aromatic N) is 1. The number of nitrogens with one attached hydrogen (secondary N) is 2. The molecule has 138 valence electrons. The lowest BCUT2D eigenvalue weighted by atomic mass is 10.0. The summed E-state index contributed by atoms with van der Waals surface area (Å²) in [5.41, 5.74) is 4.57. The van der Waals surface area contributed by atoms with Gasteiger partial charge in [-0.2, -0.15) is 5.10 Å². The number of aromatic nitrogens is 2. The Balaban J connectivity index is 2.00. The number of rotatable bonds is 7. The monoisotopic (exact) mass is 359 g/mol. The van der Waals surface area contributed by atoms with E-state index in [9.17, 15) is 4.79 Å². The van der Waals surface area contributed by atoms with Gasteiger partial charge < -0.3 is 5.32 Å². The van der Waals surface area contributed by atoms with Crippen LogP contribution in [0.4, 0.5) is 0 Å². The molecule has 1 heterocycles. The Morgan fingerprint density at radius 3 is 2.96 bits per heavy atom. The van der Waals surface area contributed by atoms with Crippen molar-refractivity contribution in [3.63, 3.8) is 0 Å². The average Bonchev–Trinajstić information content (AvgIpc) is 3.20. The highest BCUT2D eigenvalue weighted by Gasteiger charge is 2.07. The molecule has 2 aromatic rings. The Morgan fingerprint density at radius 1 is 1.41 bits per heavy atom. The van der Waals surface area contributed by atoms with Crippen molar-refractivity contribution in [1.82, 2.24) is 15.5 Å². The van der Waals surface area contributed by atoms with E-state index in [1.54, 1.807) is 12.3 Å². The second-order valence-corrected chi connectivity index (χ2v) is 6.08. The Kier molecular flexibility index (Phi) is 7.87. The first-order valence-corrected chi connectivity index (χ1v) is 8.98. The number of hydrogen-bond donors (Lipinski definition) is 2. The SMILES string of the molecule is C=C/C=C\C(C#Cc1cc(C(=O)NCCCc2cn[nH]c2)ccc1C)=C/C. The van der Waals surface area contributed by atoms with E-state index in [-0.39, 0.29) is 5.91 Å². The van der Waals surface area contributed by atoms with E-state index in [2.05, 4.69) is 33.9 Å². The van der Waals surface area contributed by atoms with Gasteiger partial charge in [0, 0.05) is 29.4 Å². The highest BCUT2D eigenvalue weighted by atomic mass is 16.1. The van der Waals surface area contributed by atoms with E-state index in [1.165, 1.54) is 0 Å². The fourth-order valence-corrected chi connectivity index (χ4v) is 2.43. The van der Waals surface area contributed by atoms with Crippen LogP contribution in [0.1, 0.15) is 40.4 Å². The summed E-state index contributed by atoms with van der Waals surface area (Å²) >= 11 is 0. The molecule has 0 fully saturated rings. The van der Waals surface area contributed by atoms with Crippen LogP contribution in [0.15, 0.2) is 67.0 Å². The third-order valence-electron chi connectivity index (χ3n) is 4.05. The molecule has 0 atom stereocenters. The van der Waals surface area contributed by atoms with Crippen molar-refractivity contribution in [3.8, 4) is 11.8 Å². The zero-order valence-electron chi connectivity index (χ0n) is 15.9. The molecule has 4 nitrogen and oxygen atoms in total. The summed E-state index contributed by atoms with van der Waals surface area (Å²) in [4.78, 5) is 12.4. The number of aromatic amines is 1. The number of H-pyrrole nitrogens is 1. The van der Waals surface area contributed by atoms with Crippen LogP contribution in [-0.2, 0) is 6.42 Å². The van der Waals surface area contributed by atoms with Gasteiger partial charge in [0.15, 0.2) is 0 Å². The summed E-state index contributed by atoms with van der Waals surface area (Å²) in [6.07, 6.45) is 12.8. The van der Waals surface area contributed by atoms with Gasteiger partial charge in [-0.1, -0.05) is 42.7 Å². The van der Waals surface area contributed by atoms with Crippen molar-refractivity contribution in [2.75, 3.05) is 6.54 Å². The largest absolute Gasteiger partial charge is 0.352 e. The van der Waals surface area contributed by atoms with E-state index in [0.29, 0.717) is 12.1 Å². The molecule has 0 spiro atoms. The first-order chi connectivity index (χ1) is 13.1. The van der Waals surface area contributed by atoms with Crippen molar-refractivity contribution in [2.24, 2.45) is 0 Å². The zero-order chi connectivity index (χ0) is 19.5. The van der Waals surface area contributed by atoms with Crippen LogP contribution in [0.25, 0.3) is 0 Å². The van der Waals surface area contributed by atoms with Crippen molar-refractivity contribution in [1.29, 1.82) is 0 Å². The summed E-state index contributed by atoms with van der Waals surface area (Å²) in [6, 6.07) is 5.61. The first-order valence-electron chi connectivity index (χ1n) is 8.98. The summed E-state index contributed by atoms with van der Waals surface area (Å²) in [5.74, 6) is 6.21. The first kappa shape index (κ1) is 20.0. The van der Waals surface area contributed by atoms with Crippen molar-refractivity contribution in [3.05, 3.63) is 89.3 Å². The van der Waals surface area contributed by atoms with Gasteiger partial charge in [-0.3, -0.25) is 9.89 Å². The normalized spacial score (nSPS) is 11.1. The van der Waals surface area contributed by atoms with Crippen LogP contribution < -0.4 is 5.32 Å². The molecule has 0 aliphatic rings. The zero-order valence-corrected chi connectivity index (χ0v) is 15.9. The molecule has 1 aromatic heterocycles. The van der Waals surface area contributed by atoms with E-state index >= 15 is 0 Å². The van der Waals surface area contributed by atoms with Gasteiger partial charge in [0.25, 0.3) is 5.91 Å². The lowest BCUT2D eigenvalue weighted by Crippen LogP contribution is -2.24. The van der Waals surface area contributed by atoms with Gasteiger partial charge in [-0.05, 0) is 56.0 Å². The molecule has 1 amide bonds. The number of benzene rings is 1. The lowest BCUT2D eigenvalue weighted by Gasteiger charge is -2.06. The molecule has 4 heteroatoms. The fourth-order valence-electron chi connectivity index (χ4n) is 2.43. The maximum atomic E-state index is 12.4. The van der Waals surface area contributed by atoms with E-state index in [0.717, 1.165) is 35.1 Å². The molecule has 0 bridgehead atoms. The highest BCUT2D eigenvalue weighted by Crippen LogP contribution is 2.11. The molecule has 0 saturated carbocycles. The number of carbonyl (C=O) groups excluding carboxylic acids is 1. The maximum Gasteiger partial charge on any atom is 0.251 e. The van der Waals surface area contributed by atoms with Gasteiger partial charge in [0.05, 0.1) is 6.20 Å². The van der Waals surface area contributed by atoms with Crippen LogP contribution in [-0.4, -0.2) is 22.6 Å². The third-order valence-corrected chi connectivity index (χ3v) is 4.05.